The first kappa shape index (κ1) is 11.2. The second-order valence-corrected chi connectivity index (χ2v) is 5.63. The zero-order chi connectivity index (χ0) is 11.5. The fourth-order valence-corrected chi connectivity index (χ4v) is 3.28. The zero-order valence-corrected chi connectivity index (χ0v) is 10.6. The summed E-state index contributed by atoms with van der Waals surface area (Å²) in [6.07, 6.45) is 0.962. The monoisotopic (exact) mass is 251 g/mol. The first-order chi connectivity index (χ1) is 8.43. The van der Waals surface area contributed by atoms with E-state index in [9.17, 15) is 0 Å². The Morgan fingerprint density at radius 3 is 2.88 bits per heavy atom. The van der Waals surface area contributed by atoms with E-state index in [4.69, 9.17) is 9.47 Å². The van der Waals surface area contributed by atoms with Crippen molar-refractivity contribution in [2.24, 2.45) is 0 Å². The van der Waals surface area contributed by atoms with Gasteiger partial charge in [0.15, 0.2) is 11.5 Å². The molecule has 0 radical (unpaired) electrons. The van der Waals surface area contributed by atoms with Crippen LogP contribution in [0.5, 0.6) is 11.5 Å². The number of nitrogens with one attached hydrogen (secondary N) is 1. The summed E-state index contributed by atoms with van der Waals surface area (Å²) in [5.74, 6) is 2.98. The molecular weight excluding hydrogens is 234 g/mol. The van der Waals surface area contributed by atoms with Gasteiger partial charge >= 0.3 is 0 Å². The number of hydrogen-bond acceptors (Lipinski definition) is 4. The minimum atomic E-state index is 0.543. The van der Waals surface area contributed by atoms with Crippen LogP contribution < -0.4 is 14.8 Å². The van der Waals surface area contributed by atoms with Crippen molar-refractivity contribution < 1.29 is 9.47 Å². The number of hydrogen-bond donors (Lipinski definition) is 1. The van der Waals surface area contributed by atoms with Crippen LogP contribution in [-0.2, 0) is 0 Å². The van der Waals surface area contributed by atoms with Crippen molar-refractivity contribution in [2.45, 2.75) is 11.7 Å². The molecule has 0 amide bonds. The van der Waals surface area contributed by atoms with Crippen LogP contribution in [0, 0.1) is 0 Å². The molecular formula is C13H17NO2S. The molecule has 0 spiro atoms. The van der Waals surface area contributed by atoms with E-state index in [1.807, 2.05) is 17.8 Å². The minimum Gasteiger partial charge on any atom is -0.490 e. The molecule has 4 heteroatoms. The van der Waals surface area contributed by atoms with Gasteiger partial charge in [-0.1, -0.05) is 6.07 Å². The summed E-state index contributed by atoms with van der Waals surface area (Å²) in [5.41, 5.74) is 1.34. The van der Waals surface area contributed by atoms with Crippen molar-refractivity contribution in [1.29, 1.82) is 0 Å². The quantitative estimate of drug-likeness (QED) is 0.829. The lowest BCUT2D eigenvalue weighted by Crippen LogP contribution is -2.28. The van der Waals surface area contributed by atoms with Gasteiger partial charge < -0.3 is 14.8 Å². The van der Waals surface area contributed by atoms with E-state index in [-0.39, 0.29) is 0 Å². The highest BCUT2D eigenvalue weighted by Crippen LogP contribution is 2.37. The molecule has 1 aromatic carbocycles. The van der Waals surface area contributed by atoms with Crippen LogP contribution in [0.4, 0.5) is 0 Å². The zero-order valence-electron chi connectivity index (χ0n) is 9.78. The van der Waals surface area contributed by atoms with Crippen LogP contribution in [0.25, 0.3) is 0 Å². The van der Waals surface area contributed by atoms with E-state index < -0.39 is 0 Å². The maximum atomic E-state index is 5.73. The third-order valence-electron chi connectivity index (χ3n) is 3.07. The average Bonchev–Trinajstić information content (AvgIpc) is 2.64. The highest BCUT2D eigenvalue weighted by molar-refractivity contribution is 7.99. The van der Waals surface area contributed by atoms with E-state index in [2.05, 4.69) is 17.4 Å². The molecule has 0 bridgehead atoms. The maximum absolute atomic E-state index is 5.73. The summed E-state index contributed by atoms with van der Waals surface area (Å²) in [4.78, 5) is 0. The fraction of sp³-hybridized carbons (Fsp3) is 0.538. The molecule has 92 valence electrons. The Bertz CT molecular complexity index is 391. The lowest BCUT2D eigenvalue weighted by atomic mass is 10.1. The van der Waals surface area contributed by atoms with E-state index in [0.29, 0.717) is 5.25 Å². The largest absolute Gasteiger partial charge is 0.490 e. The number of benzene rings is 1. The molecule has 1 N–H and O–H groups in total. The highest BCUT2D eigenvalue weighted by Gasteiger charge is 2.18. The van der Waals surface area contributed by atoms with Gasteiger partial charge in [0.25, 0.3) is 0 Å². The Kier molecular flexibility index (Phi) is 3.43. The SMILES string of the molecule is c1cc2c(cc1C1CNCCS1)OCCCO2. The first-order valence-electron chi connectivity index (χ1n) is 6.15. The molecule has 1 fully saturated rings. The molecule has 2 heterocycles. The first-order valence-corrected chi connectivity index (χ1v) is 7.20. The van der Waals surface area contributed by atoms with Gasteiger partial charge in [0.05, 0.1) is 13.2 Å². The lowest BCUT2D eigenvalue weighted by Gasteiger charge is -2.23. The molecule has 2 aliphatic rings. The van der Waals surface area contributed by atoms with Gasteiger partial charge in [-0.25, -0.2) is 0 Å². The smallest absolute Gasteiger partial charge is 0.161 e. The predicted molar refractivity (Wildman–Crippen MR) is 70.1 cm³/mol. The van der Waals surface area contributed by atoms with Gasteiger partial charge in [-0.15, -0.1) is 0 Å². The summed E-state index contributed by atoms with van der Waals surface area (Å²) in [6, 6.07) is 6.36. The molecule has 3 nitrogen and oxygen atoms in total. The molecule has 1 atom stereocenters. The lowest BCUT2D eigenvalue weighted by molar-refractivity contribution is 0.297. The third kappa shape index (κ3) is 2.53. The maximum Gasteiger partial charge on any atom is 0.161 e. The molecule has 1 unspecified atom stereocenters. The van der Waals surface area contributed by atoms with Gasteiger partial charge in [0, 0.05) is 30.5 Å². The molecule has 0 aromatic heterocycles. The highest BCUT2D eigenvalue weighted by atomic mass is 32.2. The Morgan fingerprint density at radius 2 is 2.06 bits per heavy atom. The van der Waals surface area contributed by atoms with Crippen molar-refractivity contribution >= 4 is 11.8 Å². The fourth-order valence-electron chi connectivity index (χ4n) is 2.16. The summed E-state index contributed by atoms with van der Waals surface area (Å²) >= 11 is 2.01. The molecule has 17 heavy (non-hydrogen) atoms. The molecule has 2 aliphatic heterocycles. The predicted octanol–water partition coefficient (Wildman–Crippen LogP) is 2.23. The van der Waals surface area contributed by atoms with Crippen molar-refractivity contribution in [3.8, 4) is 11.5 Å². The Balaban J connectivity index is 1.83. The van der Waals surface area contributed by atoms with E-state index in [1.165, 1.54) is 11.3 Å². The van der Waals surface area contributed by atoms with Crippen LogP contribution in [-0.4, -0.2) is 32.1 Å². The third-order valence-corrected chi connectivity index (χ3v) is 4.35. The number of thioether (sulfide) groups is 1. The topological polar surface area (TPSA) is 30.5 Å². The van der Waals surface area contributed by atoms with E-state index in [1.54, 1.807) is 0 Å². The molecule has 0 saturated carbocycles. The average molecular weight is 251 g/mol. The van der Waals surface area contributed by atoms with Crippen molar-refractivity contribution in [2.75, 3.05) is 32.1 Å². The Morgan fingerprint density at radius 1 is 1.18 bits per heavy atom. The summed E-state index contributed by atoms with van der Waals surface area (Å²) in [6.45, 7) is 3.68. The summed E-state index contributed by atoms with van der Waals surface area (Å²) in [7, 11) is 0. The summed E-state index contributed by atoms with van der Waals surface area (Å²) < 4.78 is 11.4. The molecule has 3 rings (SSSR count). The standard InChI is InChI=1S/C13H17NO2S/c1-5-15-11-3-2-10(8-12(11)16-6-1)13-9-14-4-7-17-13/h2-3,8,13-14H,1,4-7,9H2. The van der Waals surface area contributed by atoms with Crippen LogP contribution in [0.1, 0.15) is 17.2 Å². The number of ether oxygens (including phenoxy) is 2. The van der Waals surface area contributed by atoms with E-state index >= 15 is 0 Å². The van der Waals surface area contributed by atoms with Crippen LogP contribution in [0.15, 0.2) is 18.2 Å². The normalized spacial score (nSPS) is 24.1. The summed E-state index contributed by atoms with van der Waals surface area (Å²) in [5, 5.41) is 3.98. The minimum absolute atomic E-state index is 0.543. The van der Waals surface area contributed by atoms with Gasteiger partial charge in [-0.2, -0.15) is 11.8 Å². The second-order valence-electron chi connectivity index (χ2n) is 4.32. The van der Waals surface area contributed by atoms with Gasteiger partial charge in [0.1, 0.15) is 0 Å². The van der Waals surface area contributed by atoms with Crippen LogP contribution >= 0.6 is 11.8 Å². The Labute approximate surface area is 106 Å². The van der Waals surface area contributed by atoms with Crippen molar-refractivity contribution in [1.82, 2.24) is 5.32 Å². The molecule has 1 aromatic rings. The number of rotatable bonds is 1. The van der Waals surface area contributed by atoms with Gasteiger partial charge in [-0.3, -0.25) is 0 Å². The Hall–Kier alpha value is -0.870. The van der Waals surface area contributed by atoms with Crippen molar-refractivity contribution in [3.05, 3.63) is 23.8 Å². The number of fused-ring (bicyclic) bond motifs is 1. The van der Waals surface area contributed by atoms with Gasteiger partial charge in [-0.05, 0) is 17.7 Å². The van der Waals surface area contributed by atoms with Crippen molar-refractivity contribution in [3.63, 3.8) is 0 Å². The molecule has 1 saturated heterocycles. The van der Waals surface area contributed by atoms with Crippen LogP contribution in [0.3, 0.4) is 0 Å². The van der Waals surface area contributed by atoms with Gasteiger partial charge in [0.2, 0.25) is 0 Å². The molecule has 0 aliphatic carbocycles. The second kappa shape index (κ2) is 5.19. The van der Waals surface area contributed by atoms with Crippen LogP contribution in [0.2, 0.25) is 0 Å². The van der Waals surface area contributed by atoms with E-state index in [0.717, 1.165) is 44.2 Å².